The van der Waals surface area contributed by atoms with Gasteiger partial charge in [0.15, 0.2) is 0 Å². The Morgan fingerprint density at radius 3 is 2.80 bits per heavy atom. The Balaban J connectivity index is 1.64. The fourth-order valence-electron chi connectivity index (χ4n) is 3.47. The quantitative estimate of drug-likeness (QED) is 0.394. The first-order valence-electron chi connectivity index (χ1n) is 9.88. The van der Waals surface area contributed by atoms with Gasteiger partial charge in [0.1, 0.15) is 17.5 Å². The van der Waals surface area contributed by atoms with E-state index in [1.165, 1.54) is 7.11 Å². The van der Waals surface area contributed by atoms with Crippen molar-refractivity contribution in [2.75, 3.05) is 33.4 Å². The zero-order valence-corrected chi connectivity index (χ0v) is 17.0. The molecule has 0 amide bonds. The van der Waals surface area contributed by atoms with Gasteiger partial charge in [-0.25, -0.2) is 15.4 Å². The van der Waals surface area contributed by atoms with Crippen LogP contribution in [0.15, 0.2) is 78.0 Å². The monoisotopic (exact) mass is 406 g/mol. The number of amidine groups is 1. The highest BCUT2D eigenvalue weighted by molar-refractivity contribution is 6.18. The molecule has 0 bridgehead atoms. The van der Waals surface area contributed by atoms with Crippen LogP contribution in [-0.2, 0) is 9.47 Å². The maximum absolute atomic E-state index is 8.17. The fourth-order valence-corrected chi connectivity index (χ4v) is 3.47. The highest BCUT2D eigenvalue weighted by Crippen LogP contribution is 2.26. The number of hydrazine groups is 1. The SMILES string of the molecule is C=CC1C=C2N=C(N/C=C(\C(=N)OC)c3ccccc3)C=C(N3CCOCC3)N2N1. The molecule has 1 atom stereocenters. The molecule has 3 aliphatic heterocycles. The van der Waals surface area contributed by atoms with E-state index in [0.717, 1.165) is 30.3 Å². The van der Waals surface area contributed by atoms with E-state index < -0.39 is 0 Å². The van der Waals surface area contributed by atoms with Crippen LogP contribution < -0.4 is 10.7 Å². The number of hydrogen-bond donors (Lipinski definition) is 3. The first-order chi connectivity index (χ1) is 14.7. The lowest BCUT2D eigenvalue weighted by atomic mass is 10.1. The molecule has 0 aromatic heterocycles. The molecule has 1 aromatic carbocycles. The summed E-state index contributed by atoms with van der Waals surface area (Å²) in [6.45, 7) is 6.88. The molecule has 30 heavy (non-hydrogen) atoms. The van der Waals surface area contributed by atoms with Gasteiger partial charge in [0.2, 0.25) is 5.90 Å². The normalized spacial score (nSPS) is 21.3. The Hall–Kier alpha value is -3.36. The van der Waals surface area contributed by atoms with Crippen molar-refractivity contribution < 1.29 is 9.47 Å². The van der Waals surface area contributed by atoms with Crippen molar-refractivity contribution in [3.8, 4) is 0 Å². The van der Waals surface area contributed by atoms with Crippen LogP contribution in [-0.4, -0.2) is 61.1 Å². The van der Waals surface area contributed by atoms with E-state index in [-0.39, 0.29) is 11.9 Å². The van der Waals surface area contributed by atoms with Gasteiger partial charge in [-0.1, -0.05) is 36.4 Å². The van der Waals surface area contributed by atoms with Crippen molar-refractivity contribution in [3.63, 3.8) is 0 Å². The minimum Gasteiger partial charge on any atom is -0.481 e. The van der Waals surface area contributed by atoms with Gasteiger partial charge in [0, 0.05) is 25.4 Å². The summed E-state index contributed by atoms with van der Waals surface area (Å²) >= 11 is 0. The maximum Gasteiger partial charge on any atom is 0.215 e. The Bertz CT molecular complexity index is 928. The molecule has 0 saturated carbocycles. The molecule has 3 aliphatic rings. The summed E-state index contributed by atoms with van der Waals surface area (Å²) in [5.41, 5.74) is 4.93. The van der Waals surface area contributed by atoms with Crippen molar-refractivity contribution in [3.05, 3.63) is 78.5 Å². The predicted molar refractivity (Wildman–Crippen MR) is 117 cm³/mol. The lowest BCUT2D eigenvalue weighted by Crippen LogP contribution is -2.47. The van der Waals surface area contributed by atoms with Crippen molar-refractivity contribution in [1.82, 2.24) is 20.7 Å². The van der Waals surface area contributed by atoms with Crippen LogP contribution in [0.2, 0.25) is 0 Å². The summed E-state index contributed by atoms with van der Waals surface area (Å²) in [6.07, 6.45) is 7.63. The number of methoxy groups -OCH3 is 1. The van der Waals surface area contributed by atoms with Gasteiger partial charge in [0.05, 0.1) is 31.9 Å². The van der Waals surface area contributed by atoms with E-state index in [1.54, 1.807) is 6.20 Å². The van der Waals surface area contributed by atoms with Crippen LogP contribution in [0.5, 0.6) is 0 Å². The van der Waals surface area contributed by atoms with Crippen LogP contribution in [0.4, 0.5) is 0 Å². The molecule has 1 fully saturated rings. The summed E-state index contributed by atoms with van der Waals surface area (Å²) < 4.78 is 10.7. The molecular formula is C22H26N6O2. The molecule has 0 radical (unpaired) electrons. The summed E-state index contributed by atoms with van der Waals surface area (Å²) in [7, 11) is 1.50. The van der Waals surface area contributed by atoms with Crippen molar-refractivity contribution in [1.29, 1.82) is 5.41 Å². The first-order valence-corrected chi connectivity index (χ1v) is 9.88. The number of benzene rings is 1. The third kappa shape index (κ3) is 4.14. The molecular weight excluding hydrogens is 380 g/mol. The van der Waals surface area contributed by atoms with Gasteiger partial charge in [0.25, 0.3) is 0 Å². The fraction of sp³-hybridized carbons (Fsp3) is 0.273. The number of aliphatic imine (C=N–C) groups is 1. The second-order valence-electron chi connectivity index (χ2n) is 6.95. The zero-order chi connectivity index (χ0) is 20.9. The number of hydrogen-bond acceptors (Lipinski definition) is 8. The van der Waals surface area contributed by atoms with Crippen molar-refractivity contribution in [2.45, 2.75) is 6.04 Å². The zero-order valence-electron chi connectivity index (χ0n) is 17.0. The van der Waals surface area contributed by atoms with E-state index in [4.69, 9.17) is 19.9 Å². The van der Waals surface area contributed by atoms with Crippen LogP contribution in [0.25, 0.3) is 5.57 Å². The Labute approximate surface area is 176 Å². The molecule has 1 saturated heterocycles. The molecule has 3 N–H and O–H groups in total. The van der Waals surface area contributed by atoms with Crippen LogP contribution in [0.3, 0.4) is 0 Å². The Kier molecular flexibility index (Phi) is 5.97. The highest BCUT2D eigenvalue weighted by Gasteiger charge is 2.31. The largest absolute Gasteiger partial charge is 0.481 e. The number of ether oxygens (including phenoxy) is 2. The molecule has 1 unspecified atom stereocenters. The lowest BCUT2D eigenvalue weighted by molar-refractivity contribution is 0.0366. The van der Waals surface area contributed by atoms with Gasteiger partial charge in [-0.3, -0.25) is 5.41 Å². The van der Waals surface area contributed by atoms with Crippen molar-refractivity contribution >= 4 is 17.3 Å². The van der Waals surface area contributed by atoms with Gasteiger partial charge in [-0.2, -0.15) is 0 Å². The van der Waals surface area contributed by atoms with E-state index in [9.17, 15) is 0 Å². The number of morpholine rings is 1. The summed E-state index contributed by atoms with van der Waals surface area (Å²) in [4.78, 5) is 7.00. The smallest absolute Gasteiger partial charge is 0.215 e. The second kappa shape index (κ2) is 8.98. The molecule has 4 rings (SSSR count). The predicted octanol–water partition coefficient (Wildman–Crippen LogP) is 2.04. The third-order valence-corrected chi connectivity index (χ3v) is 5.05. The van der Waals surface area contributed by atoms with Crippen LogP contribution in [0.1, 0.15) is 5.56 Å². The van der Waals surface area contributed by atoms with E-state index in [2.05, 4.69) is 22.2 Å². The van der Waals surface area contributed by atoms with E-state index in [1.807, 2.05) is 53.6 Å². The maximum atomic E-state index is 8.17. The average Bonchev–Trinajstić information content (AvgIpc) is 3.23. The number of nitrogens with zero attached hydrogens (tertiary/aromatic N) is 3. The van der Waals surface area contributed by atoms with Crippen LogP contribution in [0, 0.1) is 5.41 Å². The van der Waals surface area contributed by atoms with E-state index in [0.29, 0.717) is 24.6 Å². The standard InChI is InChI=1S/C22H26N6O2/c1-3-17-13-20-25-19(14-21(28(20)26-17)27-9-11-30-12-10-27)24-15-18(22(23)29-2)16-7-5-4-6-8-16/h3-8,13-15,17,23,26H,1,9-12H2,2H3,(H,24,25)/b18-15-,23-22?. The summed E-state index contributed by atoms with van der Waals surface area (Å²) in [5.74, 6) is 2.58. The van der Waals surface area contributed by atoms with Gasteiger partial charge >= 0.3 is 0 Å². The van der Waals surface area contributed by atoms with E-state index >= 15 is 0 Å². The average molecular weight is 406 g/mol. The molecule has 3 heterocycles. The second-order valence-corrected chi connectivity index (χ2v) is 6.95. The first kappa shape index (κ1) is 19.9. The molecule has 1 aromatic rings. The number of rotatable bonds is 5. The van der Waals surface area contributed by atoms with Crippen LogP contribution >= 0.6 is 0 Å². The molecule has 156 valence electrons. The highest BCUT2D eigenvalue weighted by atomic mass is 16.5. The summed E-state index contributed by atoms with van der Waals surface area (Å²) in [5, 5.41) is 13.4. The third-order valence-electron chi connectivity index (χ3n) is 5.05. The number of fused-ring (bicyclic) bond motifs is 1. The topological polar surface area (TPSA) is 85.2 Å². The minimum absolute atomic E-state index is 0.0182. The lowest BCUT2D eigenvalue weighted by Gasteiger charge is -2.37. The molecule has 0 spiro atoms. The molecule has 0 aliphatic carbocycles. The van der Waals surface area contributed by atoms with Crippen molar-refractivity contribution in [2.24, 2.45) is 4.99 Å². The Morgan fingerprint density at radius 2 is 2.10 bits per heavy atom. The van der Waals surface area contributed by atoms with Gasteiger partial charge in [-0.05, 0) is 11.6 Å². The van der Waals surface area contributed by atoms with Gasteiger partial charge < -0.3 is 19.7 Å². The summed E-state index contributed by atoms with van der Waals surface area (Å²) in [6, 6.07) is 9.71. The molecule has 8 nitrogen and oxygen atoms in total. The minimum atomic E-state index is 0.0182. The van der Waals surface area contributed by atoms with Gasteiger partial charge in [-0.15, -0.1) is 6.58 Å². The molecule has 8 heteroatoms. The Morgan fingerprint density at radius 1 is 1.33 bits per heavy atom. The number of nitrogens with one attached hydrogen (secondary N) is 3.